The van der Waals surface area contributed by atoms with E-state index in [4.69, 9.17) is 0 Å². The topological polar surface area (TPSA) is 74.6 Å². The van der Waals surface area contributed by atoms with E-state index in [0.717, 1.165) is 0 Å². The standard InChI is InChI=1S/C14H26O4/c1-9(2)11(16)8-14(18,7-10(3)15)12(17)13(4,5)6/h9,11,16,18H,7-8H2,1-6H3/t11-,14+/m1/s1. The molecule has 18 heavy (non-hydrogen) atoms. The fourth-order valence-electron chi connectivity index (χ4n) is 1.94. The Morgan fingerprint density at radius 1 is 1.17 bits per heavy atom. The van der Waals surface area contributed by atoms with Gasteiger partial charge in [-0.1, -0.05) is 34.6 Å². The fourth-order valence-corrected chi connectivity index (χ4v) is 1.94. The molecule has 0 spiro atoms. The Morgan fingerprint density at radius 3 is 1.89 bits per heavy atom. The van der Waals surface area contributed by atoms with E-state index in [1.807, 2.05) is 0 Å². The number of rotatable bonds is 6. The molecule has 0 heterocycles. The molecule has 0 bridgehead atoms. The lowest BCUT2D eigenvalue weighted by Crippen LogP contribution is -2.49. The molecule has 0 saturated heterocycles. The number of hydrogen-bond donors (Lipinski definition) is 2. The van der Waals surface area contributed by atoms with Crippen molar-refractivity contribution in [3.05, 3.63) is 0 Å². The lowest BCUT2D eigenvalue weighted by atomic mass is 9.74. The molecule has 0 fully saturated rings. The van der Waals surface area contributed by atoms with Crippen LogP contribution in [0.25, 0.3) is 0 Å². The molecule has 2 N–H and O–H groups in total. The zero-order chi connectivity index (χ0) is 14.7. The molecule has 0 rings (SSSR count). The predicted octanol–water partition coefficient (Wildman–Crippen LogP) is 1.72. The fraction of sp³-hybridized carbons (Fsp3) is 0.857. The lowest BCUT2D eigenvalue weighted by Gasteiger charge is -2.34. The van der Waals surface area contributed by atoms with Crippen molar-refractivity contribution in [2.45, 2.75) is 66.1 Å². The van der Waals surface area contributed by atoms with Gasteiger partial charge in [0.25, 0.3) is 0 Å². The predicted molar refractivity (Wildman–Crippen MR) is 70.2 cm³/mol. The van der Waals surface area contributed by atoms with Gasteiger partial charge < -0.3 is 10.2 Å². The van der Waals surface area contributed by atoms with Crippen LogP contribution in [-0.4, -0.2) is 33.5 Å². The van der Waals surface area contributed by atoms with E-state index in [9.17, 15) is 19.8 Å². The van der Waals surface area contributed by atoms with Crippen molar-refractivity contribution in [3.8, 4) is 0 Å². The molecular formula is C14H26O4. The van der Waals surface area contributed by atoms with Crippen molar-refractivity contribution in [2.24, 2.45) is 11.3 Å². The van der Waals surface area contributed by atoms with Crippen LogP contribution in [0.2, 0.25) is 0 Å². The summed E-state index contributed by atoms with van der Waals surface area (Å²) in [5, 5.41) is 20.3. The summed E-state index contributed by atoms with van der Waals surface area (Å²) in [4.78, 5) is 23.5. The summed E-state index contributed by atoms with van der Waals surface area (Å²) in [6, 6.07) is 0. The molecule has 4 nitrogen and oxygen atoms in total. The Kier molecular flexibility index (Phi) is 5.69. The first-order valence-electron chi connectivity index (χ1n) is 6.35. The van der Waals surface area contributed by atoms with Gasteiger partial charge >= 0.3 is 0 Å². The van der Waals surface area contributed by atoms with Crippen molar-refractivity contribution < 1.29 is 19.8 Å². The molecule has 0 aliphatic heterocycles. The van der Waals surface area contributed by atoms with Crippen LogP contribution in [0.1, 0.15) is 54.4 Å². The van der Waals surface area contributed by atoms with E-state index in [-0.39, 0.29) is 24.5 Å². The van der Waals surface area contributed by atoms with Crippen LogP contribution in [0.15, 0.2) is 0 Å². The maximum absolute atomic E-state index is 12.3. The number of Topliss-reactive ketones (excluding diaryl/α,β-unsaturated/α-hetero) is 2. The summed E-state index contributed by atoms with van der Waals surface area (Å²) in [5.41, 5.74) is -2.52. The van der Waals surface area contributed by atoms with Crippen molar-refractivity contribution >= 4 is 11.6 Å². The summed E-state index contributed by atoms with van der Waals surface area (Å²) >= 11 is 0. The largest absolute Gasteiger partial charge is 0.393 e. The van der Waals surface area contributed by atoms with E-state index < -0.39 is 22.9 Å². The van der Waals surface area contributed by atoms with Crippen LogP contribution in [0.4, 0.5) is 0 Å². The van der Waals surface area contributed by atoms with Gasteiger partial charge in [0.05, 0.1) is 6.10 Å². The zero-order valence-corrected chi connectivity index (χ0v) is 12.3. The first-order valence-corrected chi connectivity index (χ1v) is 6.35. The highest BCUT2D eigenvalue weighted by Crippen LogP contribution is 2.30. The van der Waals surface area contributed by atoms with Crippen molar-refractivity contribution in [2.75, 3.05) is 0 Å². The number of carbonyl (C=O) groups excluding carboxylic acids is 2. The smallest absolute Gasteiger partial charge is 0.170 e. The number of hydrogen-bond acceptors (Lipinski definition) is 4. The Hall–Kier alpha value is -0.740. The van der Waals surface area contributed by atoms with Gasteiger partial charge in [0.2, 0.25) is 0 Å². The van der Waals surface area contributed by atoms with Gasteiger partial charge in [0.15, 0.2) is 5.78 Å². The van der Waals surface area contributed by atoms with Gasteiger partial charge in [-0.05, 0) is 12.8 Å². The van der Waals surface area contributed by atoms with E-state index >= 15 is 0 Å². The van der Waals surface area contributed by atoms with Gasteiger partial charge in [-0.25, -0.2) is 0 Å². The van der Waals surface area contributed by atoms with Gasteiger partial charge in [0, 0.05) is 18.3 Å². The molecule has 0 aromatic heterocycles. The minimum Gasteiger partial charge on any atom is -0.393 e. The minimum absolute atomic E-state index is 0.0729. The van der Waals surface area contributed by atoms with E-state index in [0.29, 0.717) is 0 Å². The van der Waals surface area contributed by atoms with Crippen molar-refractivity contribution in [1.82, 2.24) is 0 Å². The third-order valence-corrected chi connectivity index (χ3v) is 2.96. The van der Waals surface area contributed by atoms with Crippen molar-refractivity contribution in [3.63, 3.8) is 0 Å². The molecule has 0 unspecified atom stereocenters. The second-order valence-electron chi connectivity index (χ2n) is 6.50. The molecule has 0 aromatic carbocycles. The molecule has 0 saturated carbocycles. The highest BCUT2D eigenvalue weighted by Gasteiger charge is 2.44. The molecule has 2 atom stereocenters. The Bertz CT molecular complexity index is 314. The molecule has 0 aliphatic carbocycles. The van der Waals surface area contributed by atoms with Crippen LogP contribution < -0.4 is 0 Å². The summed E-state index contributed by atoms with van der Waals surface area (Å²) in [6.07, 6.45) is -1.15. The summed E-state index contributed by atoms with van der Waals surface area (Å²) in [6.45, 7) is 10.0. The van der Waals surface area contributed by atoms with Gasteiger partial charge in [0.1, 0.15) is 11.4 Å². The summed E-state index contributed by atoms with van der Waals surface area (Å²) < 4.78 is 0. The van der Waals surface area contributed by atoms with E-state index in [2.05, 4.69) is 0 Å². The maximum Gasteiger partial charge on any atom is 0.170 e. The van der Waals surface area contributed by atoms with Gasteiger partial charge in [-0.3, -0.25) is 9.59 Å². The second kappa shape index (κ2) is 5.93. The highest BCUT2D eigenvalue weighted by atomic mass is 16.3. The average Bonchev–Trinajstić information content (AvgIpc) is 2.13. The summed E-state index contributed by atoms with van der Waals surface area (Å²) in [7, 11) is 0. The number of aliphatic hydroxyl groups excluding tert-OH is 1. The van der Waals surface area contributed by atoms with E-state index in [1.165, 1.54) is 6.92 Å². The minimum atomic E-state index is -1.77. The Labute approximate surface area is 109 Å². The number of carbonyl (C=O) groups is 2. The molecule has 0 aliphatic rings. The number of ketones is 2. The normalized spacial score (nSPS) is 17.4. The first kappa shape index (κ1) is 17.3. The quantitative estimate of drug-likeness (QED) is 0.760. The molecule has 4 heteroatoms. The van der Waals surface area contributed by atoms with Gasteiger partial charge in [-0.15, -0.1) is 0 Å². The first-order chi connectivity index (χ1) is 7.90. The third kappa shape index (κ3) is 4.86. The van der Waals surface area contributed by atoms with Crippen LogP contribution >= 0.6 is 0 Å². The Balaban J connectivity index is 5.18. The molecule has 106 valence electrons. The number of aliphatic hydroxyl groups is 2. The third-order valence-electron chi connectivity index (χ3n) is 2.96. The molecular weight excluding hydrogens is 232 g/mol. The zero-order valence-electron chi connectivity index (χ0n) is 12.3. The molecule has 0 amide bonds. The monoisotopic (exact) mass is 258 g/mol. The van der Waals surface area contributed by atoms with E-state index in [1.54, 1.807) is 34.6 Å². The van der Waals surface area contributed by atoms with Crippen LogP contribution in [0.5, 0.6) is 0 Å². The van der Waals surface area contributed by atoms with Crippen molar-refractivity contribution in [1.29, 1.82) is 0 Å². The summed E-state index contributed by atoms with van der Waals surface area (Å²) in [5.74, 6) is -0.729. The lowest BCUT2D eigenvalue weighted by molar-refractivity contribution is -0.153. The molecule has 0 aromatic rings. The van der Waals surface area contributed by atoms with Crippen LogP contribution in [0.3, 0.4) is 0 Å². The molecule has 0 radical (unpaired) electrons. The highest BCUT2D eigenvalue weighted by molar-refractivity contribution is 5.95. The van der Waals surface area contributed by atoms with Crippen LogP contribution in [-0.2, 0) is 9.59 Å². The Morgan fingerprint density at radius 2 is 1.61 bits per heavy atom. The SMILES string of the molecule is CC(=O)C[C@](O)(C[C@@H](O)C(C)C)C(=O)C(C)(C)C. The second-order valence-corrected chi connectivity index (χ2v) is 6.50. The van der Waals surface area contributed by atoms with Gasteiger partial charge in [-0.2, -0.15) is 0 Å². The maximum atomic E-state index is 12.3. The average molecular weight is 258 g/mol. The van der Waals surface area contributed by atoms with Crippen LogP contribution in [0, 0.1) is 11.3 Å².